The van der Waals surface area contributed by atoms with Gasteiger partial charge >= 0.3 is 5.97 Å². The molecule has 1 fully saturated rings. The topological polar surface area (TPSA) is 80.7 Å². The van der Waals surface area contributed by atoms with E-state index in [2.05, 4.69) is 0 Å². The molecular weight excluding hydrogens is 280 g/mol. The number of carboxylic acids is 1. The predicted molar refractivity (Wildman–Crippen MR) is 73.8 cm³/mol. The maximum absolute atomic E-state index is 11.8. The van der Waals surface area contributed by atoms with Crippen LogP contribution in [0.1, 0.15) is 30.7 Å². The maximum Gasteiger partial charge on any atom is 0.303 e. The van der Waals surface area contributed by atoms with Crippen molar-refractivity contribution in [1.29, 1.82) is 0 Å². The predicted octanol–water partition coefficient (Wildman–Crippen LogP) is 2.07. The van der Waals surface area contributed by atoms with Crippen molar-refractivity contribution in [2.45, 2.75) is 30.1 Å². The number of hydrogen-bond acceptors (Lipinski definition) is 4. The van der Waals surface area contributed by atoms with E-state index in [1.807, 2.05) is 0 Å². The zero-order valence-electron chi connectivity index (χ0n) is 11.5. The number of sulfone groups is 1. The second kappa shape index (κ2) is 5.44. The van der Waals surface area contributed by atoms with Crippen molar-refractivity contribution in [2.75, 3.05) is 13.4 Å². The number of carbonyl (C=O) groups is 1. The van der Waals surface area contributed by atoms with Crippen LogP contribution in [0.15, 0.2) is 23.1 Å². The molecule has 2 rings (SSSR count). The van der Waals surface area contributed by atoms with Crippen LogP contribution in [0, 0.1) is 5.92 Å². The molecule has 0 heterocycles. The summed E-state index contributed by atoms with van der Waals surface area (Å²) in [5, 5.41) is 9.01. The highest BCUT2D eigenvalue weighted by atomic mass is 32.2. The van der Waals surface area contributed by atoms with Crippen molar-refractivity contribution in [2.24, 2.45) is 5.92 Å². The minimum absolute atomic E-state index is 0.0280. The fourth-order valence-corrected chi connectivity index (χ4v) is 3.32. The van der Waals surface area contributed by atoms with Gasteiger partial charge in [-0.25, -0.2) is 8.42 Å². The molecule has 0 aliphatic heterocycles. The largest absolute Gasteiger partial charge is 0.495 e. The third kappa shape index (κ3) is 3.30. The summed E-state index contributed by atoms with van der Waals surface area (Å²) in [6.45, 7) is 0. The number of rotatable bonds is 6. The Hall–Kier alpha value is -1.56. The van der Waals surface area contributed by atoms with Crippen molar-refractivity contribution >= 4 is 15.8 Å². The number of methoxy groups -OCH3 is 1. The van der Waals surface area contributed by atoms with Gasteiger partial charge in [-0.05, 0) is 42.4 Å². The normalized spacial score (nSPS) is 16.7. The van der Waals surface area contributed by atoms with Crippen molar-refractivity contribution < 1.29 is 23.1 Å². The fourth-order valence-electron chi connectivity index (χ4n) is 2.46. The molecule has 1 atom stereocenters. The smallest absolute Gasteiger partial charge is 0.303 e. The SMILES string of the molecule is COc1ccc(C(CC(=O)O)C2CC2)cc1S(C)(=O)=O. The lowest BCUT2D eigenvalue weighted by molar-refractivity contribution is -0.137. The summed E-state index contributed by atoms with van der Waals surface area (Å²) in [6, 6.07) is 4.92. The molecule has 20 heavy (non-hydrogen) atoms. The molecule has 0 amide bonds. The van der Waals surface area contributed by atoms with Crippen molar-refractivity contribution in [3.63, 3.8) is 0 Å². The molecule has 1 aliphatic carbocycles. The highest BCUT2D eigenvalue weighted by Crippen LogP contribution is 2.45. The fraction of sp³-hybridized carbons (Fsp3) is 0.500. The van der Waals surface area contributed by atoms with Gasteiger partial charge in [-0.2, -0.15) is 0 Å². The Labute approximate surface area is 118 Å². The summed E-state index contributed by atoms with van der Waals surface area (Å²) in [5.41, 5.74) is 0.760. The Morgan fingerprint density at radius 3 is 2.55 bits per heavy atom. The Bertz CT molecular complexity index is 616. The van der Waals surface area contributed by atoms with Crippen LogP contribution in [0.25, 0.3) is 0 Å². The van der Waals surface area contributed by atoms with Crippen LogP contribution in [-0.2, 0) is 14.6 Å². The lowest BCUT2D eigenvalue weighted by atomic mass is 9.91. The molecule has 0 saturated heterocycles. The number of aliphatic carboxylic acids is 1. The highest BCUT2D eigenvalue weighted by Gasteiger charge is 2.34. The summed E-state index contributed by atoms with van der Waals surface area (Å²) in [7, 11) is -1.99. The summed E-state index contributed by atoms with van der Waals surface area (Å²) in [6.07, 6.45) is 3.15. The summed E-state index contributed by atoms with van der Waals surface area (Å²) in [4.78, 5) is 11.1. The Kier molecular flexibility index (Phi) is 4.04. The van der Waals surface area contributed by atoms with E-state index in [1.165, 1.54) is 7.11 Å². The van der Waals surface area contributed by atoms with E-state index < -0.39 is 15.8 Å². The van der Waals surface area contributed by atoms with Gasteiger partial charge < -0.3 is 9.84 Å². The summed E-state index contributed by atoms with van der Waals surface area (Å²) >= 11 is 0. The molecule has 0 bridgehead atoms. The lowest BCUT2D eigenvalue weighted by Gasteiger charge is -2.16. The van der Waals surface area contributed by atoms with Crippen molar-refractivity contribution in [1.82, 2.24) is 0 Å². The molecule has 0 spiro atoms. The average molecular weight is 298 g/mol. The number of carboxylic acid groups (broad SMARTS) is 1. The van der Waals surface area contributed by atoms with Gasteiger partial charge in [0.15, 0.2) is 9.84 Å². The Morgan fingerprint density at radius 1 is 1.45 bits per heavy atom. The van der Waals surface area contributed by atoms with E-state index >= 15 is 0 Å². The Morgan fingerprint density at radius 2 is 2.10 bits per heavy atom. The first-order chi connectivity index (χ1) is 9.32. The lowest BCUT2D eigenvalue weighted by Crippen LogP contribution is -2.10. The minimum atomic E-state index is -3.41. The van der Waals surface area contributed by atoms with Crippen LogP contribution in [0.3, 0.4) is 0 Å². The molecule has 0 radical (unpaired) electrons. The molecule has 6 heteroatoms. The monoisotopic (exact) mass is 298 g/mol. The van der Waals surface area contributed by atoms with Crippen LogP contribution >= 0.6 is 0 Å². The van der Waals surface area contributed by atoms with Crippen LogP contribution in [0.5, 0.6) is 5.75 Å². The van der Waals surface area contributed by atoms with Crippen LogP contribution in [-0.4, -0.2) is 32.9 Å². The van der Waals surface area contributed by atoms with Gasteiger partial charge in [-0.1, -0.05) is 6.07 Å². The molecule has 1 aromatic carbocycles. The first-order valence-corrected chi connectivity index (χ1v) is 8.32. The minimum Gasteiger partial charge on any atom is -0.495 e. The first-order valence-electron chi connectivity index (χ1n) is 6.42. The van der Waals surface area contributed by atoms with Gasteiger partial charge in [0.05, 0.1) is 13.5 Å². The quantitative estimate of drug-likeness (QED) is 0.869. The molecule has 1 unspecified atom stereocenters. The van der Waals surface area contributed by atoms with Gasteiger partial charge in [-0.15, -0.1) is 0 Å². The third-order valence-electron chi connectivity index (χ3n) is 3.60. The van der Waals surface area contributed by atoms with E-state index in [-0.39, 0.29) is 17.2 Å². The van der Waals surface area contributed by atoms with E-state index in [4.69, 9.17) is 9.84 Å². The molecule has 0 aromatic heterocycles. The summed E-state index contributed by atoms with van der Waals surface area (Å²) < 4.78 is 28.7. The van der Waals surface area contributed by atoms with Crippen molar-refractivity contribution in [3.05, 3.63) is 23.8 Å². The van der Waals surface area contributed by atoms with Crippen molar-refractivity contribution in [3.8, 4) is 5.75 Å². The molecule has 5 nitrogen and oxygen atoms in total. The zero-order valence-corrected chi connectivity index (χ0v) is 12.3. The number of hydrogen-bond donors (Lipinski definition) is 1. The van der Waals surface area contributed by atoms with Gasteiger partial charge in [0.1, 0.15) is 10.6 Å². The van der Waals surface area contributed by atoms with E-state index in [1.54, 1.807) is 18.2 Å². The molecular formula is C14H18O5S. The standard InChI is InChI=1S/C14H18O5S/c1-19-12-6-5-10(7-13(12)20(2,17)18)11(8-14(15)16)9-3-4-9/h5-7,9,11H,3-4,8H2,1-2H3,(H,15,16). The Balaban J connectivity index is 2.43. The van der Waals surface area contributed by atoms with E-state index in [0.717, 1.165) is 24.7 Å². The first kappa shape index (κ1) is 14.8. The number of ether oxygens (including phenoxy) is 1. The maximum atomic E-state index is 11.8. The zero-order chi connectivity index (χ0) is 14.9. The van der Waals surface area contributed by atoms with Gasteiger partial charge in [-0.3, -0.25) is 4.79 Å². The van der Waals surface area contributed by atoms with Crippen LogP contribution < -0.4 is 4.74 Å². The number of benzene rings is 1. The van der Waals surface area contributed by atoms with Crippen LogP contribution in [0.4, 0.5) is 0 Å². The summed E-state index contributed by atoms with van der Waals surface area (Å²) in [5.74, 6) is -0.356. The molecule has 1 aromatic rings. The third-order valence-corrected chi connectivity index (χ3v) is 4.72. The van der Waals surface area contributed by atoms with Gasteiger partial charge in [0.25, 0.3) is 0 Å². The second-order valence-corrected chi connectivity index (χ2v) is 7.21. The van der Waals surface area contributed by atoms with E-state index in [0.29, 0.717) is 11.7 Å². The van der Waals surface area contributed by atoms with Gasteiger partial charge in [0.2, 0.25) is 0 Å². The molecule has 110 valence electrons. The second-order valence-electron chi connectivity index (χ2n) is 5.22. The van der Waals surface area contributed by atoms with Gasteiger partial charge in [0, 0.05) is 6.26 Å². The van der Waals surface area contributed by atoms with Crippen LogP contribution in [0.2, 0.25) is 0 Å². The molecule has 1 saturated carbocycles. The molecule has 1 aliphatic rings. The molecule has 1 N–H and O–H groups in total. The van der Waals surface area contributed by atoms with E-state index in [9.17, 15) is 13.2 Å². The highest BCUT2D eigenvalue weighted by molar-refractivity contribution is 7.90. The average Bonchev–Trinajstić information content (AvgIpc) is 3.18.